The van der Waals surface area contributed by atoms with Gasteiger partial charge in [-0.1, -0.05) is 12.1 Å². The zero-order valence-electron chi connectivity index (χ0n) is 7.99. The van der Waals surface area contributed by atoms with Crippen molar-refractivity contribution in [3.63, 3.8) is 0 Å². The van der Waals surface area contributed by atoms with Crippen LogP contribution < -0.4 is 5.56 Å². The summed E-state index contributed by atoms with van der Waals surface area (Å²) in [4.78, 5) is 10.7. The zero-order chi connectivity index (χ0) is 11.8. The van der Waals surface area contributed by atoms with Gasteiger partial charge in [0.05, 0.1) is 5.69 Å². The maximum atomic E-state index is 11.1. The Kier molecular flexibility index (Phi) is 2.41. The van der Waals surface area contributed by atoms with Crippen molar-refractivity contribution in [2.24, 2.45) is 0 Å². The first kappa shape index (κ1) is 10.7. The van der Waals surface area contributed by atoms with Crippen molar-refractivity contribution in [3.05, 3.63) is 46.9 Å². The van der Waals surface area contributed by atoms with Crippen molar-refractivity contribution in [2.75, 3.05) is 0 Å². The second kappa shape index (κ2) is 3.62. The molecule has 0 bridgehead atoms. The number of H-pyrrole nitrogens is 1. The molecule has 0 amide bonds. The molecule has 7 heteroatoms. The van der Waals surface area contributed by atoms with Gasteiger partial charge in [0, 0.05) is 12.3 Å². The third kappa shape index (κ3) is 1.90. The Morgan fingerprint density at radius 1 is 1.19 bits per heavy atom. The molecule has 1 heterocycles. The molecule has 2 N–H and O–H groups in total. The molecule has 0 fully saturated rings. The second-order valence-corrected chi connectivity index (χ2v) is 4.49. The predicted molar refractivity (Wildman–Crippen MR) is 56.2 cm³/mol. The maximum absolute atomic E-state index is 11.1. The summed E-state index contributed by atoms with van der Waals surface area (Å²) in [7, 11) is -4.32. The number of aromatic nitrogens is 2. The molecule has 0 aliphatic heterocycles. The molecule has 0 saturated carbocycles. The van der Waals surface area contributed by atoms with Crippen LogP contribution >= 0.6 is 0 Å². The number of hydrogen-bond donors (Lipinski definition) is 2. The highest BCUT2D eigenvalue weighted by atomic mass is 32.2. The molecule has 2 aromatic rings. The Morgan fingerprint density at radius 2 is 1.88 bits per heavy atom. The van der Waals surface area contributed by atoms with Crippen LogP contribution in [0.1, 0.15) is 0 Å². The molecule has 0 radical (unpaired) electrons. The molecule has 1 aromatic heterocycles. The average Bonchev–Trinajstić information content (AvgIpc) is 2.64. The molecule has 2 rings (SSSR count). The molecular weight excluding hydrogens is 232 g/mol. The molecule has 16 heavy (non-hydrogen) atoms. The summed E-state index contributed by atoms with van der Waals surface area (Å²) in [5.41, 5.74) is -0.169. The summed E-state index contributed by atoms with van der Waals surface area (Å²) in [6.45, 7) is 0. The zero-order valence-corrected chi connectivity index (χ0v) is 8.81. The Balaban J connectivity index is 2.71. The van der Waals surface area contributed by atoms with E-state index < -0.39 is 10.1 Å². The number of para-hydroxylation sites is 1. The third-order valence-corrected chi connectivity index (χ3v) is 2.91. The van der Waals surface area contributed by atoms with E-state index in [2.05, 4.69) is 5.10 Å². The van der Waals surface area contributed by atoms with Crippen molar-refractivity contribution in [2.45, 2.75) is 4.90 Å². The van der Waals surface area contributed by atoms with Crippen molar-refractivity contribution in [1.29, 1.82) is 0 Å². The standard InChI is InChI=1S/C9H8N2O4S/c12-9-5-6-11(10-9)7-3-1-2-4-8(7)16(13,14)15/h1-6H,(H,10,12)(H,13,14,15). The minimum atomic E-state index is -4.32. The van der Waals surface area contributed by atoms with Gasteiger partial charge in [-0.05, 0) is 12.1 Å². The number of rotatable bonds is 2. The average molecular weight is 240 g/mol. The first-order valence-electron chi connectivity index (χ1n) is 4.33. The highest BCUT2D eigenvalue weighted by Crippen LogP contribution is 2.17. The van der Waals surface area contributed by atoms with E-state index in [0.717, 1.165) is 0 Å². The molecule has 0 saturated heterocycles. The van der Waals surface area contributed by atoms with Crippen molar-refractivity contribution >= 4 is 10.1 Å². The van der Waals surface area contributed by atoms with Crippen LogP contribution in [0.3, 0.4) is 0 Å². The highest BCUT2D eigenvalue weighted by Gasteiger charge is 2.15. The molecule has 6 nitrogen and oxygen atoms in total. The SMILES string of the molecule is O=c1ccn(-c2ccccc2S(=O)(=O)O)[nH]1. The number of aromatic amines is 1. The van der Waals surface area contributed by atoms with Gasteiger partial charge >= 0.3 is 0 Å². The van der Waals surface area contributed by atoms with Gasteiger partial charge in [0.25, 0.3) is 15.7 Å². The van der Waals surface area contributed by atoms with E-state index in [9.17, 15) is 13.2 Å². The molecule has 84 valence electrons. The first-order valence-corrected chi connectivity index (χ1v) is 5.77. The Labute approximate surface area is 90.9 Å². The second-order valence-electron chi connectivity index (χ2n) is 3.10. The Bertz CT molecular complexity index is 669. The van der Waals surface area contributed by atoms with Gasteiger partial charge < -0.3 is 0 Å². The molecule has 1 aromatic carbocycles. The van der Waals surface area contributed by atoms with Gasteiger partial charge in [0.2, 0.25) is 0 Å². The van der Waals surface area contributed by atoms with E-state index in [0.29, 0.717) is 0 Å². The fraction of sp³-hybridized carbons (Fsp3) is 0. The topological polar surface area (TPSA) is 92.2 Å². The Morgan fingerprint density at radius 3 is 2.44 bits per heavy atom. The van der Waals surface area contributed by atoms with Crippen LogP contribution in [-0.2, 0) is 10.1 Å². The van der Waals surface area contributed by atoms with Gasteiger partial charge in [-0.15, -0.1) is 0 Å². The highest BCUT2D eigenvalue weighted by molar-refractivity contribution is 7.86. The number of nitrogens with zero attached hydrogens (tertiary/aromatic N) is 1. The van der Waals surface area contributed by atoms with Gasteiger partial charge in [0.1, 0.15) is 4.90 Å². The summed E-state index contributed by atoms with van der Waals surface area (Å²) >= 11 is 0. The molecule has 0 spiro atoms. The van der Waals surface area contributed by atoms with Crippen LogP contribution in [0, 0.1) is 0 Å². The van der Waals surface area contributed by atoms with E-state index in [1.54, 1.807) is 6.07 Å². The number of nitrogens with one attached hydrogen (secondary N) is 1. The van der Waals surface area contributed by atoms with Gasteiger partial charge in [-0.25, -0.2) is 0 Å². The van der Waals surface area contributed by atoms with Crippen LogP contribution in [0.15, 0.2) is 46.2 Å². The van der Waals surface area contributed by atoms with E-state index in [1.165, 1.54) is 35.1 Å². The number of hydrogen-bond acceptors (Lipinski definition) is 3. The lowest BCUT2D eigenvalue weighted by Gasteiger charge is -2.06. The lowest BCUT2D eigenvalue weighted by atomic mass is 10.3. The number of benzene rings is 1. The minimum absolute atomic E-state index is 0.187. The smallest absolute Gasteiger partial charge is 0.282 e. The van der Waals surface area contributed by atoms with Crippen LogP contribution in [0.2, 0.25) is 0 Å². The van der Waals surface area contributed by atoms with Gasteiger partial charge in [-0.3, -0.25) is 19.1 Å². The fourth-order valence-corrected chi connectivity index (χ4v) is 2.03. The van der Waals surface area contributed by atoms with E-state index >= 15 is 0 Å². The van der Waals surface area contributed by atoms with Crippen molar-refractivity contribution in [3.8, 4) is 5.69 Å². The summed E-state index contributed by atoms with van der Waals surface area (Å²) < 4.78 is 32.4. The Hall–Kier alpha value is -1.86. The van der Waals surface area contributed by atoms with Crippen LogP contribution in [0.4, 0.5) is 0 Å². The van der Waals surface area contributed by atoms with Gasteiger partial charge in [0.15, 0.2) is 0 Å². The molecule has 0 aliphatic carbocycles. The first-order chi connectivity index (χ1) is 7.48. The largest absolute Gasteiger partial charge is 0.296 e. The summed E-state index contributed by atoms with van der Waals surface area (Å²) in [5, 5.41) is 2.39. The normalized spacial score (nSPS) is 11.6. The molecule has 0 unspecified atom stereocenters. The van der Waals surface area contributed by atoms with Crippen LogP contribution in [-0.4, -0.2) is 22.8 Å². The quantitative estimate of drug-likeness (QED) is 0.744. The van der Waals surface area contributed by atoms with E-state index in [4.69, 9.17) is 4.55 Å². The summed E-state index contributed by atoms with van der Waals surface area (Å²) in [6.07, 6.45) is 1.38. The molecule has 0 aliphatic rings. The van der Waals surface area contributed by atoms with Crippen LogP contribution in [0.25, 0.3) is 5.69 Å². The lowest BCUT2D eigenvalue weighted by molar-refractivity contribution is 0.482. The third-order valence-electron chi connectivity index (χ3n) is 2.01. The maximum Gasteiger partial charge on any atom is 0.296 e. The predicted octanol–water partition coefficient (Wildman–Crippen LogP) is 0.412. The van der Waals surface area contributed by atoms with E-state index in [-0.39, 0.29) is 16.1 Å². The minimum Gasteiger partial charge on any atom is -0.282 e. The van der Waals surface area contributed by atoms with Crippen LogP contribution in [0.5, 0.6) is 0 Å². The van der Waals surface area contributed by atoms with Crippen molar-refractivity contribution < 1.29 is 13.0 Å². The summed E-state index contributed by atoms with van der Waals surface area (Å²) in [5.74, 6) is 0. The summed E-state index contributed by atoms with van der Waals surface area (Å²) in [6, 6.07) is 7.05. The van der Waals surface area contributed by atoms with Gasteiger partial charge in [-0.2, -0.15) is 8.42 Å². The monoisotopic (exact) mass is 240 g/mol. The molecular formula is C9H8N2O4S. The fourth-order valence-electron chi connectivity index (χ4n) is 1.35. The lowest BCUT2D eigenvalue weighted by Crippen LogP contribution is -2.08. The van der Waals surface area contributed by atoms with E-state index in [1.807, 2.05) is 0 Å². The van der Waals surface area contributed by atoms with Crippen molar-refractivity contribution in [1.82, 2.24) is 9.78 Å². The molecule has 0 atom stereocenters.